The molecule has 0 aliphatic rings. The number of rotatable bonds is 1. The zero-order valence-electron chi connectivity index (χ0n) is 8.05. The Morgan fingerprint density at radius 3 is 2.80 bits per heavy atom. The van der Waals surface area contributed by atoms with Crippen LogP contribution < -0.4 is 5.46 Å². The third-order valence-electron chi connectivity index (χ3n) is 2.28. The molecular formula is C9H8BN3O2. The Bertz CT molecular complexity index is 556. The maximum Gasteiger partial charge on any atom is 0.488 e. The van der Waals surface area contributed by atoms with Gasteiger partial charge in [0.05, 0.1) is 5.52 Å². The smallest absolute Gasteiger partial charge is 0.423 e. The molecule has 0 aliphatic carbocycles. The molecule has 1 aromatic heterocycles. The molecule has 2 aromatic rings. The van der Waals surface area contributed by atoms with Gasteiger partial charge in [0.15, 0.2) is 5.69 Å². The number of nitrogens with zero attached hydrogens (tertiary/aromatic N) is 3. The van der Waals surface area contributed by atoms with E-state index in [1.54, 1.807) is 29.9 Å². The van der Waals surface area contributed by atoms with Gasteiger partial charge in [-0.15, -0.1) is 0 Å². The Balaban J connectivity index is 2.75. The summed E-state index contributed by atoms with van der Waals surface area (Å²) in [6.45, 7) is 0. The summed E-state index contributed by atoms with van der Waals surface area (Å²) in [6.07, 6.45) is 0. The highest BCUT2D eigenvalue weighted by atomic mass is 16.4. The van der Waals surface area contributed by atoms with Gasteiger partial charge in [-0.2, -0.15) is 10.4 Å². The summed E-state index contributed by atoms with van der Waals surface area (Å²) in [5, 5.41) is 31.5. The van der Waals surface area contributed by atoms with Crippen LogP contribution in [0.15, 0.2) is 18.2 Å². The fourth-order valence-corrected chi connectivity index (χ4v) is 1.53. The summed E-state index contributed by atoms with van der Waals surface area (Å²) in [4.78, 5) is 0. The molecule has 0 radical (unpaired) electrons. The molecule has 74 valence electrons. The van der Waals surface area contributed by atoms with Crippen LogP contribution in [0.4, 0.5) is 0 Å². The first kappa shape index (κ1) is 9.71. The SMILES string of the molecule is Cn1nc(C#N)c2cc(B(O)O)ccc21. The van der Waals surface area contributed by atoms with Gasteiger partial charge in [-0.1, -0.05) is 12.1 Å². The summed E-state index contributed by atoms with van der Waals surface area (Å²) in [6, 6.07) is 6.82. The average molecular weight is 201 g/mol. The monoisotopic (exact) mass is 201 g/mol. The minimum absolute atomic E-state index is 0.287. The van der Waals surface area contributed by atoms with E-state index in [-0.39, 0.29) is 5.69 Å². The van der Waals surface area contributed by atoms with E-state index in [2.05, 4.69) is 5.10 Å². The lowest BCUT2D eigenvalue weighted by Gasteiger charge is -1.99. The van der Waals surface area contributed by atoms with Gasteiger partial charge in [-0.3, -0.25) is 4.68 Å². The van der Waals surface area contributed by atoms with Crippen LogP contribution >= 0.6 is 0 Å². The Kier molecular flexibility index (Phi) is 2.19. The van der Waals surface area contributed by atoms with Crippen LogP contribution in [0, 0.1) is 11.3 Å². The second-order valence-corrected chi connectivity index (χ2v) is 3.23. The van der Waals surface area contributed by atoms with Crippen LogP contribution in [0.25, 0.3) is 10.9 Å². The highest BCUT2D eigenvalue weighted by Gasteiger charge is 2.14. The second kappa shape index (κ2) is 3.39. The Labute approximate surface area is 86.3 Å². The lowest BCUT2D eigenvalue weighted by molar-refractivity contribution is 0.426. The number of aryl methyl sites for hydroxylation is 1. The van der Waals surface area contributed by atoms with Gasteiger partial charge in [0.2, 0.25) is 0 Å². The van der Waals surface area contributed by atoms with E-state index in [0.29, 0.717) is 10.8 Å². The first-order valence-corrected chi connectivity index (χ1v) is 4.36. The average Bonchev–Trinajstić information content (AvgIpc) is 2.55. The first-order valence-electron chi connectivity index (χ1n) is 4.36. The summed E-state index contributed by atoms with van der Waals surface area (Å²) in [5.41, 5.74) is 1.43. The molecule has 0 fully saturated rings. The molecule has 0 unspecified atom stereocenters. The lowest BCUT2D eigenvalue weighted by atomic mass is 9.80. The van der Waals surface area contributed by atoms with Gasteiger partial charge < -0.3 is 10.0 Å². The fraction of sp³-hybridized carbons (Fsp3) is 0.111. The largest absolute Gasteiger partial charge is 0.488 e. The van der Waals surface area contributed by atoms with E-state index in [1.165, 1.54) is 0 Å². The Morgan fingerprint density at radius 1 is 1.47 bits per heavy atom. The first-order chi connectivity index (χ1) is 7.13. The predicted octanol–water partition coefficient (Wildman–Crippen LogP) is -0.875. The van der Waals surface area contributed by atoms with Crippen molar-refractivity contribution in [1.82, 2.24) is 9.78 Å². The van der Waals surface area contributed by atoms with Crippen molar-refractivity contribution in [2.24, 2.45) is 7.05 Å². The number of hydrogen-bond acceptors (Lipinski definition) is 4. The van der Waals surface area contributed by atoms with Crippen LogP contribution in [0.3, 0.4) is 0 Å². The van der Waals surface area contributed by atoms with Crippen LogP contribution in [0.2, 0.25) is 0 Å². The van der Waals surface area contributed by atoms with Crippen molar-refractivity contribution in [2.45, 2.75) is 0 Å². The van der Waals surface area contributed by atoms with E-state index < -0.39 is 7.12 Å². The van der Waals surface area contributed by atoms with Crippen molar-refractivity contribution in [1.29, 1.82) is 5.26 Å². The third kappa shape index (κ3) is 1.48. The lowest BCUT2D eigenvalue weighted by Crippen LogP contribution is -2.29. The molecule has 2 N–H and O–H groups in total. The number of aromatic nitrogens is 2. The molecule has 5 nitrogen and oxygen atoms in total. The highest BCUT2D eigenvalue weighted by molar-refractivity contribution is 6.58. The van der Waals surface area contributed by atoms with Crippen LogP contribution in [0.5, 0.6) is 0 Å². The second-order valence-electron chi connectivity index (χ2n) is 3.23. The van der Waals surface area contributed by atoms with E-state index in [9.17, 15) is 0 Å². The highest BCUT2D eigenvalue weighted by Crippen LogP contribution is 2.15. The minimum Gasteiger partial charge on any atom is -0.423 e. The summed E-state index contributed by atoms with van der Waals surface area (Å²) >= 11 is 0. The zero-order valence-corrected chi connectivity index (χ0v) is 8.05. The molecule has 0 atom stereocenters. The van der Waals surface area contributed by atoms with Crippen molar-refractivity contribution >= 4 is 23.5 Å². The fourth-order valence-electron chi connectivity index (χ4n) is 1.53. The molecule has 1 heterocycles. The van der Waals surface area contributed by atoms with E-state index in [0.717, 1.165) is 5.52 Å². The van der Waals surface area contributed by atoms with Crippen molar-refractivity contribution in [3.8, 4) is 6.07 Å². The van der Waals surface area contributed by atoms with Gasteiger partial charge in [-0.05, 0) is 11.5 Å². The molecule has 0 amide bonds. The molecule has 1 aromatic carbocycles. The van der Waals surface area contributed by atoms with Crippen molar-refractivity contribution in [2.75, 3.05) is 0 Å². The summed E-state index contributed by atoms with van der Waals surface area (Å²) in [7, 11) is 0.208. The maximum atomic E-state index is 9.00. The number of hydrogen-bond donors (Lipinski definition) is 2. The molecule has 0 saturated carbocycles. The molecular weight excluding hydrogens is 193 g/mol. The number of fused-ring (bicyclic) bond motifs is 1. The number of nitriles is 1. The summed E-state index contributed by atoms with van der Waals surface area (Å²) in [5.74, 6) is 0. The van der Waals surface area contributed by atoms with E-state index in [4.69, 9.17) is 15.3 Å². The summed E-state index contributed by atoms with van der Waals surface area (Å²) < 4.78 is 1.58. The third-order valence-corrected chi connectivity index (χ3v) is 2.28. The van der Waals surface area contributed by atoms with Gasteiger partial charge in [0, 0.05) is 12.4 Å². The molecule has 2 rings (SSSR count). The Hall–Kier alpha value is -1.84. The molecule has 6 heteroatoms. The minimum atomic E-state index is -1.53. The number of benzene rings is 1. The van der Waals surface area contributed by atoms with Gasteiger partial charge in [-0.25, -0.2) is 0 Å². The van der Waals surface area contributed by atoms with Crippen LogP contribution in [0.1, 0.15) is 5.69 Å². The molecule has 0 spiro atoms. The van der Waals surface area contributed by atoms with Gasteiger partial charge in [0.25, 0.3) is 0 Å². The maximum absolute atomic E-state index is 9.00. The molecule has 0 aliphatic heterocycles. The molecule has 0 bridgehead atoms. The zero-order chi connectivity index (χ0) is 11.0. The van der Waals surface area contributed by atoms with Crippen LogP contribution in [-0.2, 0) is 7.05 Å². The van der Waals surface area contributed by atoms with Crippen molar-refractivity contribution in [3.63, 3.8) is 0 Å². The van der Waals surface area contributed by atoms with Gasteiger partial charge in [0.1, 0.15) is 6.07 Å². The standard InChI is InChI=1S/C9H8BN3O2/c1-13-9-3-2-6(10(14)15)4-7(9)8(5-11)12-13/h2-4,14-15H,1H3. The van der Waals surface area contributed by atoms with Crippen molar-refractivity contribution < 1.29 is 10.0 Å². The Morgan fingerprint density at radius 2 is 2.20 bits per heavy atom. The topological polar surface area (TPSA) is 82.1 Å². The quantitative estimate of drug-likeness (QED) is 0.587. The normalized spacial score (nSPS) is 10.3. The van der Waals surface area contributed by atoms with E-state index >= 15 is 0 Å². The predicted molar refractivity (Wildman–Crippen MR) is 55.3 cm³/mol. The van der Waals surface area contributed by atoms with Crippen molar-refractivity contribution in [3.05, 3.63) is 23.9 Å². The molecule has 0 saturated heterocycles. The van der Waals surface area contributed by atoms with Crippen LogP contribution in [-0.4, -0.2) is 26.9 Å². The molecule has 15 heavy (non-hydrogen) atoms. The van der Waals surface area contributed by atoms with E-state index in [1.807, 2.05) is 6.07 Å². The van der Waals surface area contributed by atoms with Gasteiger partial charge >= 0.3 is 7.12 Å².